The van der Waals surface area contributed by atoms with Gasteiger partial charge in [0.15, 0.2) is 0 Å². The van der Waals surface area contributed by atoms with Crippen molar-refractivity contribution in [1.29, 1.82) is 0 Å². The minimum Gasteiger partial charge on any atom is -0.475 e. The molecule has 3 fully saturated rings. The second kappa shape index (κ2) is 8.01. The molecule has 1 saturated carbocycles. The lowest BCUT2D eigenvalue weighted by Gasteiger charge is -2.38. The molecule has 0 bridgehead atoms. The van der Waals surface area contributed by atoms with E-state index in [1.54, 1.807) is 0 Å². The number of carboxylic acid groups (broad SMARTS) is 1. The fourth-order valence-electron chi connectivity index (χ4n) is 3.30. The van der Waals surface area contributed by atoms with Gasteiger partial charge in [0.2, 0.25) is 0 Å². The van der Waals surface area contributed by atoms with E-state index in [4.69, 9.17) is 19.4 Å². The molecule has 1 aliphatic carbocycles. The van der Waals surface area contributed by atoms with Gasteiger partial charge in [0.25, 0.3) is 0 Å². The number of aliphatic carboxylic acids is 1. The van der Waals surface area contributed by atoms with E-state index in [9.17, 15) is 13.2 Å². The monoisotopic (exact) mass is 353 g/mol. The third kappa shape index (κ3) is 5.89. The molecule has 8 heteroatoms. The highest BCUT2D eigenvalue weighted by Crippen LogP contribution is 2.38. The molecule has 2 saturated heterocycles. The number of nitrogens with zero attached hydrogens (tertiary/aromatic N) is 1. The van der Waals surface area contributed by atoms with Crippen molar-refractivity contribution in [2.45, 2.75) is 56.9 Å². The van der Waals surface area contributed by atoms with Crippen molar-refractivity contribution in [3.05, 3.63) is 0 Å². The van der Waals surface area contributed by atoms with Crippen molar-refractivity contribution >= 4 is 5.97 Å². The zero-order valence-corrected chi connectivity index (χ0v) is 14.0. The zero-order valence-electron chi connectivity index (χ0n) is 14.0. The maximum atomic E-state index is 10.6. The first-order valence-electron chi connectivity index (χ1n) is 8.52. The molecule has 0 radical (unpaired) electrons. The maximum Gasteiger partial charge on any atom is 0.490 e. The Kier molecular flexibility index (Phi) is 6.50. The molecule has 2 aliphatic heterocycles. The Bertz CT molecular complexity index is 418. The topological polar surface area (TPSA) is 59.0 Å². The molecule has 0 aromatic carbocycles. The number of hydrogen-bond acceptors (Lipinski definition) is 4. The average Bonchev–Trinajstić information content (AvgIpc) is 3.24. The molecule has 0 aromatic heterocycles. The number of piperidine rings is 1. The van der Waals surface area contributed by atoms with Gasteiger partial charge in [0, 0.05) is 32.7 Å². The van der Waals surface area contributed by atoms with E-state index in [1.165, 1.54) is 45.3 Å². The first-order valence-corrected chi connectivity index (χ1v) is 8.52. The van der Waals surface area contributed by atoms with Gasteiger partial charge in [-0.15, -0.1) is 0 Å². The maximum absolute atomic E-state index is 10.6. The predicted molar refractivity (Wildman–Crippen MR) is 80.8 cm³/mol. The second-order valence-electron chi connectivity index (χ2n) is 6.82. The number of alkyl halides is 3. The van der Waals surface area contributed by atoms with Gasteiger partial charge in [-0.3, -0.25) is 0 Å². The zero-order chi connectivity index (χ0) is 17.8. The molecule has 0 amide bonds. The second-order valence-corrected chi connectivity index (χ2v) is 6.82. The first-order chi connectivity index (χ1) is 11.2. The molecule has 1 spiro atoms. The number of hydrogen-bond donors (Lipinski definition) is 1. The van der Waals surface area contributed by atoms with Gasteiger partial charge >= 0.3 is 12.1 Å². The van der Waals surface area contributed by atoms with Gasteiger partial charge in [-0.1, -0.05) is 0 Å². The van der Waals surface area contributed by atoms with Crippen LogP contribution in [0.25, 0.3) is 0 Å². The lowest BCUT2D eigenvalue weighted by molar-refractivity contribution is -0.192. The van der Waals surface area contributed by atoms with E-state index in [2.05, 4.69) is 11.8 Å². The molecule has 1 unspecified atom stereocenters. The molecule has 2 heterocycles. The number of carbonyl (C=O) groups is 1. The van der Waals surface area contributed by atoms with Crippen LogP contribution in [-0.4, -0.2) is 66.7 Å². The average molecular weight is 353 g/mol. The summed E-state index contributed by atoms with van der Waals surface area (Å²) in [6.07, 6.45) is 1.75. The quantitative estimate of drug-likeness (QED) is 0.842. The standard InChI is InChI=1S/C14H25NO2.C2HF3O2/c1-2-16-13-9-14(17-11-13)5-7-15(8-6-14)10-12-3-4-12;3-2(4,5)1(6)7/h12-13H,2-11H2,1H3;(H,6,7). The van der Waals surface area contributed by atoms with Crippen LogP contribution in [0.15, 0.2) is 0 Å². The van der Waals surface area contributed by atoms with Crippen LogP contribution in [0.2, 0.25) is 0 Å². The Hall–Kier alpha value is -0.860. The summed E-state index contributed by atoms with van der Waals surface area (Å²) in [7, 11) is 0. The van der Waals surface area contributed by atoms with Crippen molar-refractivity contribution in [2.24, 2.45) is 5.92 Å². The lowest BCUT2D eigenvalue weighted by atomic mass is 9.88. The summed E-state index contributed by atoms with van der Waals surface area (Å²) >= 11 is 0. The van der Waals surface area contributed by atoms with Crippen LogP contribution < -0.4 is 0 Å². The Morgan fingerprint density at radius 3 is 2.38 bits per heavy atom. The largest absolute Gasteiger partial charge is 0.490 e. The molecule has 24 heavy (non-hydrogen) atoms. The highest BCUT2D eigenvalue weighted by molar-refractivity contribution is 5.73. The molecule has 3 rings (SSSR count). The van der Waals surface area contributed by atoms with E-state index < -0.39 is 12.1 Å². The third-order valence-corrected chi connectivity index (χ3v) is 4.80. The number of likely N-dealkylation sites (tertiary alicyclic amines) is 1. The molecular formula is C16H26F3NO4. The van der Waals surface area contributed by atoms with Crippen molar-refractivity contribution in [2.75, 3.05) is 32.8 Å². The molecular weight excluding hydrogens is 327 g/mol. The van der Waals surface area contributed by atoms with E-state index in [0.29, 0.717) is 6.10 Å². The fraction of sp³-hybridized carbons (Fsp3) is 0.938. The lowest BCUT2D eigenvalue weighted by Crippen LogP contribution is -2.44. The van der Waals surface area contributed by atoms with Gasteiger partial charge in [-0.05, 0) is 38.5 Å². The van der Waals surface area contributed by atoms with Crippen LogP contribution in [0.3, 0.4) is 0 Å². The van der Waals surface area contributed by atoms with Crippen LogP contribution in [0.5, 0.6) is 0 Å². The summed E-state index contributed by atoms with van der Waals surface area (Å²) in [6, 6.07) is 0. The summed E-state index contributed by atoms with van der Waals surface area (Å²) in [5.74, 6) is -1.74. The predicted octanol–water partition coefficient (Wildman–Crippen LogP) is 2.69. The van der Waals surface area contributed by atoms with Gasteiger partial charge < -0.3 is 19.5 Å². The molecule has 1 N–H and O–H groups in total. The van der Waals surface area contributed by atoms with Gasteiger partial charge in [-0.2, -0.15) is 13.2 Å². The third-order valence-electron chi connectivity index (χ3n) is 4.80. The molecule has 140 valence electrons. The molecule has 0 aromatic rings. The van der Waals surface area contributed by atoms with Crippen LogP contribution in [0, 0.1) is 5.92 Å². The minimum absolute atomic E-state index is 0.167. The summed E-state index contributed by atoms with van der Waals surface area (Å²) < 4.78 is 43.5. The summed E-state index contributed by atoms with van der Waals surface area (Å²) in [5, 5.41) is 7.12. The fourth-order valence-corrected chi connectivity index (χ4v) is 3.30. The number of halogens is 3. The van der Waals surface area contributed by atoms with Crippen LogP contribution >= 0.6 is 0 Å². The van der Waals surface area contributed by atoms with Crippen molar-refractivity contribution < 1.29 is 32.5 Å². The Labute approximate surface area is 140 Å². The van der Waals surface area contributed by atoms with E-state index in [0.717, 1.165) is 25.6 Å². The number of ether oxygens (including phenoxy) is 2. The van der Waals surface area contributed by atoms with Crippen LogP contribution in [0.4, 0.5) is 13.2 Å². The summed E-state index contributed by atoms with van der Waals surface area (Å²) in [5.41, 5.74) is 0.167. The Morgan fingerprint density at radius 1 is 1.33 bits per heavy atom. The smallest absolute Gasteiger partial charge is 0.475 e. The minimum atomic E-state index is -5.08. The highest BCUT2D eigenvalue weighted by atomic mass is 19.4. The van der Waals surface area contributed by atoms with Crippen molar-refractivity contribution in [3.63, 3.8) is 0 Å². The van der Waals surface area contributed by atoms with Gasteiger partial charge in [0.05, 0.1) is 18.3 Å². The summed E-state index contributed by atoms with van der Waals surface area (Å²) in [6.45, 7) is 7.51. The molecule has 1 atom stereocenters. The van der Waals surface area contributed by atoms with Gasteiger partial charge in [-0.25, -0.2) is 4.79 Å². The van der Waals surface area contributed by atoms with E-state index in [-0.39, 0.29) is 5.60 Å². The van der Waals surface area contributed by atoms with Crippen molar-refractivity contribution in [1.82, 2.24) is 4.90 Å². The number of carboxylic acids is 1. The molecule has 3 aliphatic rings. The normalized spacial score (nSPS) is 26.9. The Balaban J connectivity index is 0.000000256. The van der Waals surface area contributed by atoms with Crippen LogP contribution in [0.1, 0.15) is 39.0 Å². The van der Waals surface area contributed by atoms with E-state index >= 15 is 0 Å². The van der Waals surface area contributed by atoms with Gasteiger partial charge in [0.1, 0.15) is 0 Å². The van der Waals surface area contributed by atoms with Crippen molar-refractivity contribution in [3.8, 4) is 0 Å². The molecule has 5 nitrogen and oxygen atoms in total. The number of rotatable bonds is 4. The Morgan fingerprint density at radius 2 is 1.92 bits per heavy atom. The summed E-state index contributed by atoms with van der Waals surface area (Å²) in [4.78, 5) is 11.5. The van der Waals surface area contributed by atoms with E-state index in [1.807, 2.05) is 0 Å². The SMILES string of the molecule is CCOC1COC2(CCN(CC3CC3)CC2)C1.O=C(O)C(F)(F)F. The highest BCUT2D eigenvalue weighted by Gasteiger charge is 2.43. The first kappa shape index (κ1) is 19.5. The van der Waals surface area contributed by atoms with Crippen LogP contribution in [-0.2, 0) is 14.3 Å².